The zero-order valence-electron chi connectivity index (χ0n) is 27.4. The number of nitrogens with zero attached hydrogens (tertiary/aromatic N) is 5. The average Bonchev–Trinajstić information content (AvgIpc) is 3.95. The smallest absolute Gasteiger partial charge is 0.275 e. The van der Waals surface area contributed by atoms with Gasteiger partial charge in [0.05, 0.1) is 51.1 Å². The van der Waals surface area contributed by atoms with Crippen molar-refractivity contribution in [1.82, 2.24) is 20.2 Å². The number of nitrogens with one attached hydrogen (secondary N) is 2. The Bertz CT molecular complexity index is 2430. The second kappa shape index (κ2) is 11.1. The Kier molecular flexibility index (Phi) is 6.79. The van der Waals surface area contributed by atoms with Crippen molar-refractivity contribution in [3.8, 4) is 20.9 Å². The molecule has 2 amide bonds. The number of pyridine rings is 1. The van der Waals surface area contributed by atoms with Crippen LogP contribution in [0.25, 0.3) is 42.6 Å². The van der Waals surface area contributed by atoms with Crippen molar-refractivity contribution in [3.63, 3.8) is 0 Å². The number of benzene rings is 2. The minimum atomic E-state index is -0.581. The van der Waals surface area contributed by atoms with Crippen LogP contribution < -0.4 is 15.2 Å². The highest BCUT2D eigenvalue weighted by molar-refractivity contribution is 7.19. The Morgan fingerprint density at radius 1 is 0.824 bits per heavy atom. The summed E-state index contributed by atoms with van der Waals surface area (Å²) in [5, 5.41) is 18.9. The Hall–Kier alpha value is -4.40. The predicted octanol–water partition coefficient (Wildman–Crippen LogP) is 6.67. The highest BCUT2D eigenvalue weighted by Gasteiger charge is 2.68. The molecule has 4 aromatic heterocycles. The number of hydrogen-bond donors (Lipinski definition) is 2. The van der Waals surface area contributed by atoms with Crippen molar-refractivity contribution < 1.29 is 23.6 Å². The van der Waals surface area contributed by atoms with E-state index in [-0.39, 0.29) is 17.4 Å². The number of carbonyl (C=O) groups is 2. The van der Waals surface area contributed by atoms with Gasteiger partial charge in [-0.25, -0.2) is 9.97 Å². The van der Waals surface area contributed by atoms with Gasteiger partial charge in [0, 0.05) is 29.2 Å². The third kappa shape index (κ3) is 5.16. The largest absolute Gasteiger partial charge is 0.374 e. The maximum absolute atomic E-state index is 13.5. The molecule has 0 unspecified atom stereocenters. The van der Waals surface area contributed by atoms with Gasteiger partial charge in [0.25, 0.3) is 5.15 Å². The molecule has 6 fully saturated rings. The maximum Gasteiger partial charge on any atom is 0.275 e. The molecule has 6 aromatic rings. The molecule has 6 aliphatic rings. The molecule has 8 heterocycles. The standard InChI is InChI=1S/C37H30ClN7O4S2/c1-34-14-35(15-34,19-48-34)30(46)42-32-39-11-27(50-32)22-2-3-24-13-45(29(38)10-25(24)9-22)18-37-16-36(17-37,20-49-37)31(47)43-33-40-12-28(51-33)23-4-5-26-21(8-23)6-7-41-44-26/h2-13H,14-20H2,1H3,(H,40,41,43,47)/p+1. The van der Waals surface area contributed by atoms with E-state index in [0.29, 0.717) is 48.0 Å². The molecule has 51 heavy (non-hydrogen) atoms. The Labute approximate surface area is 305 Å². The molecule has 12 rings (SSSR count). The lowest BCUT2D eigenvalue weighted by Gasteiger charge is -2.41. The molecule has 0 spiro atoms. The number of thiazole rings is 2. The average molecular weight is 737 g/mol. The van der Waals surface area contributed by atoms with E-state index in [1.54, 1.807) is 18.6 Å². The summed E-state index contributed by atoms with van der Waals surface area (Å²) in [6, 6.07) is 16.1. The van der Waals surface area contributed by atoms with Crippen LogP contribution in [0.5, 0.6) is 0 Å². The van der Waals surface area contributed by atoms with E-state index >= 15 is 0 Å². The van der Waals surface area contributed by atoms with Gasteiger partial charge in [-0.15, -0.1) is 0 Å². The fraction of sp³-hybridized carbons (Fsp3) is 0.324. The summed E-state index contributed by atoms with van der Waals surface area (Å²) in [7, 11) is 0. The normalized spacial score (nSPS) is 27.3. The number of hydrogen-bond acceptors (Lipinski definition) is 10. The van der Waals surface area contributed by atoms with Crippen LogP contribution in [-0.2, 0) is 25.6 Å². The van der Waals surface area contributed by atoms with Crippen molar-refractivity contribution in [2.45, 2.75) is 50.4 Å². The molecular formula is C37H31ClN7O4S2+. The second-order valence-corrected chi connectivity index (χ2v) is 17.3. The molecule has 4 aliphatic heterocycles. The number of fused-ring (bicyclic) bond motifs is 4. The molecule has 11 nitrogen and oxygen atoms in total. The number of carbonyl (C=O) groups excluding carboxylic acids is 2. The van der Waals surface area contributed by atoms with Crippen LogP contribution >= 0.6 is 34.3 Å². The summed E-state index contributed by atoms with van der Waals surface area (Å²) in [4.78, 5) is 37.4. The zero-order chi connectivity index (χ0) is 34.6. The lowest BCUT2D eigenvalue weighted by atomic mass is 9.62. The van der Waals surface area contributed by atoms with Gasteiger partial charge in [-0.05, 0) is 91.1 Å². The number of aromatic nitrogens is 5. The Balaban J connectivity index is 0.793. The summed E-state index contributed by atoms with van der Waals surface area (Å²) < 4.78 is 14.1. The molecule has 2 aromatic carbocycles. The first-order chi connectivity index (χ1) is 24.6. The van der Waals surface area contributed by atoms with E-state index in [0.717, 1.165) is 55.4 Å². The second-order valence-electron chi connectivity index (χ2n) is 14.8. The molecule has 2 N–H and O–H groups in total. The number of anilines is 2. The van der Waals surface area contributed by atoms with E-state index in [1.165, 1.54) is 22.7 Å². The number of ether oxygens (including phenoxy) is 2. The van der Waals surface area contributed by atoms with Crippen LogP contribution in [0.4, 0.5) is 10.3 Å². The zero-order valence-corrected chi connectivity index (χ0v) is 29.8. The van der Waals surface area contributed by atoms with Gasteiger partial charge in [-0.3, -0.25) is 9.59 Å². The summed E-state index contributed by atoms with van der Waals surface area (Å²) in [6.07, 6.45) is 10.1. The highest BCUT2D eigenvalue weighted by Crippen LogP contribution is 2.59. The van der Waals surface area contributed by atoms with Crippen LogP contribution in [0.3, 0.4) is 0 Å². The molecule has 2 aliphatic carbocycles. The maximum atomic E-state index is 13.5. The fourth-order valence-corrected chi connectivity index (χ4v) is 10.4. The third-order valence-electron chi connectivity index (χ3n) is 11.0. The lowest BCUT2D eigenvalue weighted by Crippen LogP contribution is -2.57. The van der Waals surface area contributed by atoms with Crippen LogP contribution in [0.15, 0.2) is 73.3 Å². The van der Waals surface area contributed by atoms with Gasteiger partial charge in [-0.2, -0.15) is 14.8 Å². The van der Waals surface area contributed by atoms with Gasteiger partial charge in [-0.1, -0.05) is 34.8 Å². The first-order valence-electron chi connectivity index (χ1n) is 16.8. The van der Waals surface area contributed by atoms with Crippen LogP contribution in [0.2, 0.25) is 5.15 Å². The topological polar surface area (TPSA) is 132 Å². The van der Waals surface area contributed by atoms with E-state index in [1.807, 2.05) is 35.0 Å². The van der Waals surface area contributed by atoms with Gasteiger partial charge in [0.1, 0.15) is 5.60 Å². The lowest BCUT2D eigenvalue weighted by molar-refractivity contribution is -0.708. The van der Waals surface area contributed by atoms with Gasteiger partial charge < -0.3 is 20.1 Å². The molecule has 4 bridgehead atoms. The highest BCUT2D eigenvalue weighted by atomic mass is 35.5. The molecule has 2 saturated carbocycles. The minimum Gasteiger partial charge on any atom is -0.374 e. The molecule has 0 radical (unpaired) electrons. The summed E-state index contributed by atoms with van der Waals surface area (Å²) in [6.45, 7) is 3.45. The monoisotopic (exact) mass is 736 g/mol. The number of amides is 2. The van der Waals surface area contributed by atoms with Crippen molar-refractivity contribution in [1.29, 1.82) is 0 Å². The summed E-state index contributed by atoms with van der Waals surface area (Å²) >= 11 is 9.75. The van der Waals surface area contributed by atoms with Gasteiger partial charge in [0.15, 0.2) is 23.0 Å². The molecule has 256 valence electrons. The third-order valence-corrected chi connectivity index (χ3v) is 13.2. The van der Waals surface area contributed by atoms with Crippen LogP contribution in [-0.4, -0.2) is 56.4 Å². The quantitative estimate of drug-likeness (QED) is 0.131. The van der Waals surface area contributed by atoms with E-state index < -0.39 is 16.4 Å². The summed E-state index contributed by atoms with van der Waals surface area (Å²) in [5.74, 6) is -0.0672. The molecule has 0 atom stereocenters. The fourth-order valence-electron chi connectivity index (χ4n) is 8.56. The van der Waals surface area contributed by atoms with Crippen LogP contribution in [0, 0.1) is 10.8 Å². The Morgan fingerprint density at radius 3 is 2.16 bits per heavy atom. The van der Waals surface area contributed by atoms with E-state index in [4.69, 9.17) is 21.1 Å². The minimum absolute atomic E-state index is 0.00844. The van der Waals surface area contributed by atoms with Gasteiger partial charge >= 0.3 is 0 Å². The predicted molar refractivity (Wildman–Crippen MR) is 195 cm³/mol. The first kappa shape index (κ1) is 31.3. The van der Waals surface area contributed by atoms with Crippen molar-refractivity contribution >= 4 is 78.0 Å². The SMILES string of the molecule is CC12CC(C(=O)Nc3ncc(-c4ccc5c[n+](CC67CC(C(=O)Nc8ncc(-c9ccc%10nnccc%10c9)s8)(CO6)C7)c(Cl)cc5c4)s3)(CO1)C2. The first-order valence-corrected chi connectivity index (χ1v) is 18.8. The Morgan fingerprint density at radius 2 is 1.47 bits per heavy atom. The van der Waals surface area contributed by atoms with Crippen molar-refractivity contribution in [3.05, 3.63) is 78.5 Å². The number of rotatable bonds is 8. The van der Waals surface area contributed by atoms with E-state index in [2.05, 4.69) is 62.0 Å². The van der Waals surface area contributed by atoms with Gasteiger partial charge in [0.2, 0.25) is 11.8 Å². The summed E-state index contributed by atoms with van der Waals surface area (Å²) in [5.41, 5.74) is 1.24. The molecule has 14 heteroatoms. The number of halogens is 1. The van der Waals surface area contributed by atoms with E-state index in [9.17, 15) is 9.59 Å². The van der Waals surface area contributed by atoms with Crippen LogP contribution in [0.1, 0.15) is 32.6 Å². The van der Waals surface area contributed by atoms with Crippen molar-refractivity contribution in [2.75, 3.05) is 23.8 Å². The molecule has 4 saturated heterocycles. The van der Waals surface area contributed by atoms with Crippen molar-refractivity contribution in [2.24, 2.45) is 10.8 Å². The molecular weight excluding hydrogens is 706 g/mol.